The van der Waals surface area contributed by atoms with Crippen molar-refractivity contribution in [3.8, 4) is 11.1 Å². The summed E-state index contributed by atoms with van der Waals surface area (Å²) in [7, 11) is -5.11. The normalized spacial score (nSPS) is 11.3. The first kappa shape index (κ1) is 34.4. The minimum absolute atomic E-state index is 0.0119. The number of hydrogen-bond donors (Lipinski definition) is 2. The minimum Gasteiger partial charge on any atom is -0.326 e. The molecule has 0 radical (unpaired) electrons. The number of carbonyl (C=O) groups excluding carboxylic acids is 4. The Morgan fingerprint density at radius 3 is 2.24 bits per heavy atom. The number of aromatic nitrogens is 2. The SMILES string of the molecule is CC(=O)Nc1ccc(-c2cnc3c(c2)c(C(=O)c2c(F)ccc(N(C(C)=O)S(=O)(=O)c4cc(C)ccc4F)c2F)cn3C(C)=O)cc1C=N. The van der Waals surface area contributed by atoms with E-state index in [9.17, 15) is 32.0 Å². The quantitative estimate of drug-likeness (QED) is 0.149. The molecule has 15 heteroatoms. The van der Waals surface area contributed by atoms with Gasteiger partial charge in [0.2, 0.25) is 23.5 Å². The topological polar surface area (TPSA) is 159 Å². The molecule has 5 aromatic rings. The molecular weight excluding hydrogens is 663 g/mol. The van der Waals surface area contributed by atoms with Crippen molar-refractivity contribution in [2.45, 2.75) is 32.6 Å². The number of hydrogen-bond acceptors (Lipinski definition) is 8. The fourth-order valence-electron chi connectivity index (χ4n) is 5.27. The van der Waals surface area contributed by atoms with Crippen LogP contribution in [0.25, 0.3) is 22.2 Å². The number of benzene rings is 3. The van der Waals surface area contributed by atoms with Crippen LogP contribution in [0.1, 0.15) is 52.6 Å². The molecule has 49 heavy (non-hydrogen) atoms. The van der Waals surface area contributed by atoms with Gasteiger partial charge in [-0.2, -0.15) is 4.31 Å². The van der Waals surface area contributed by atoms with Crippen LogP contribution in [0.2, 0.25) is 0 Å². The van der Waals surface area contributed by atoms with Crippen molar-refractivity contribution in [3.05, 3.63) is 107 Å². The monoisotopic (exact) mass is 689 g/mol. The third-order valence-electron chi connectivity index (χ3n) is 7.49. The average Bonchev–Trinajstić information content (AvgIpc) is 3.42. The molecule has 2 aromatic heterocycles. The van der Waals surface area contributed by atoms with Crippen LogP contribution in [0.3, 0.4) is 0 Å². The molecule has 2 heterocycles. The number of amides is 2. The predicted octanol–water partition coefficient (Wildman–Crippen LogP) is 6.02. The molecule has 0 aliphatic carbocycles. The van der Waals surface area contributed by atoms with E-state index < -0.39 is 66.8 Å². The summed E-state index contributed by atoms with van der Waals surface area (Å²) in [4.78, 5) is 54.1. The Morgan fingerprint density at radius 2 is 1.61 bits per heavy atom. The molecule has 0 aliphatic heterocycles. The minimum atomic E-state index is -5.11. The number of pyridine rings is 1. The number of anilines is 2. The van der Waals surface area contributed by atoms with Crippen molar-refractivity contribution in [3.63, 3.8) is 0 Å². The van der Waals surface area contributed by atoms with E-state index in [0.29, 0.717) is 40.1 Å². The van der Waals surface area contributed by atoms with E-state index >= 15 is 8.78 Å². The maximum atomic E-state index is 16.3. The largest absolute Gasteiger partial charge is 0.326 e. The molecule has 5 rings (SSSR count). The van der Waals surface area contributed by atoms with E-state index in [1.165, 1.54) is 39.1 Å². The molecule has 3 aromatic carbocycles. The van der Waals surface area contributed by atoms with Crippen molar-refractivity contribution in [1.82, 2.24) is 9.55 Å². The van der Waals surface area contributed by atoms with E-state index in [1.807, 2.05) is 0 Å². The Bertz CT molecular complexity index is 2370. The lowest BCUT2D eigenvalue weighted by Gasteiger charge is -2.23. The van der Waals surface area contributed by atoms with E-state index in [1.54, 1.807) is 18.2 Å². The summed E-state index contributed by atoms with van der Waals surface area (Å²) in [6, 6.07) is 10.4. The molecule has 11 nitrogen and oxygen atoms in total. The van der Waals surface area contributed by atoms with Gasteiger partial charge in [0, 0.05) is 61.6 Å². The maximum Gasteiger partial charge on any atom is 0.273 e. The van der Waals surface area contributed by atoms with Gasteiger partial charge in [0.25, 0.3) is 10.0 Å². The zero-order valence-electron chi connectivity index (χ0n) is 26.3. The molecule has 2 amide bonds. The van der Waals surface area contributed by atoms with Crippen LogP contribution in [0, 0.1) is 29.8 Å². The van der Waals surface area contributed by atoms with Gasteiger partial charge in [-0.05, 0) is 60.5 Å². The highest BCUT2D eigenvalue weighted by Gasteiger charge is 2.36. The van der Waals surface area contributed by atoms with Gasteiger partial charge in [0.15, 0.2) is 5.82 Å². The van der Waals surface area contributed by atoms with Gasteiger partial charge in [-0.3, -0.25) is 23.7 Å². The molecule has 0 spiro atoms. The molecule has 0 bridgehead atoms. The summed E-state index contributed by atoms with van der Waals surface area (Å²) in [5, 5.41) is 10.3. The number of halogens is 3. The van der Waals surface area contributed by atoms with Crippen LogP contribution >= 0.6 is 0 Å². The van der Waals surface area contributed by atoms with E-state index in [2.05, 4.69) is 10.3 Å². The first-order valence-corrected chi connectivity index (χ1v) is 15.8. The lowest BCUT2D eigenvalue weighted by molar-refractivity contribution is -0.115. The maximum absolute atomic E-state index is 16.3. The fraction of sp³-hybridized carbons (Fsp3) is 0.118. The molecule has 2 N–H and O–H groups in total. The number of fused-ring (bicyclic) bond motifs is 1. The van der Waals surface area contributed by atoms with Gasteiger partial charge < -0.3 is 10.7 Å². The van der Waals surface area contributed by atoms with Gasteiger partial charge in [0.05, 0.1) is 16.8 Å². The number of sulfonamides is 1. The summed E-state index contributed by atoms with van der Waals surface area (Å²) >= 11 is 0. The number of nitrogens with zero attached hydrogens (tertiary/aromatic N) is 3. The van der Waals surface area contributed by atoms with Crippen LogP contribution in [0.15, 0.2) is 71.9 Å². The summed E-state index contributed by atoms with van der Waals surface area (Å²) in [6.45, 7) is 4.72. The standard InChI is InChI=1S/C34H26F3N5O6S/c1-17-5-7-26(35)30(11-17)49(47,48)42(20(4)45)29-10-8-27(36)31(32(29)37)33(46)25-16-41(19(3)44)34-24(25)13-23(15-39-34)21-6-9-28(40-18(2)43)22(12-21)14-38/h5-16,38H,1-4H3,(H,40,43). The summed E-state index contributed by atoms with van der Waals surface area (Å²) in [5.74, 6) is -7.92. The van der Waals surface area contributed by atoms with Crippen LogP contribution in [-0.2, 0) is 19.6 Å². The van der Waals surface area contributed by atoms with Crippen LogP contribution in [-0.4, -0.2) is 47.7 Å². The number of rotatable bonds is 8. The highest BCUT2D eigenvalue weighted by atomic mass is 32.2. The van der Waals surface area contributed by atoms with Crippen molar-refractivity contribution >= 4 is 62.2 Å². The molecule has 0 fully saturated rings. The Labute approximate surface area is 277 Å². The van der Waals surface area contributed by atoms with Gasteiger partial charge in [-0.1, -0.05) is 12.1 Å². The Balaban J connectivity index is 1.69. The highest BCUT2D eigenvalue weighted by Crippen LogP contribution is 2.35. The number of carbonyl (C=O) groups is 4. The molecule has 0 saturated carbocycles. The Hall–Kier alpha value is -5.96. The third kappa shape index (κ3) is 6.23. The zero-order valence-corrected chi connectivity index (χ0v) is 27.1. The first-order chi connectivity index (χ1) is 23.1. The number of nitrogens with one attached hydrogen (secondary N) is 2. The molecule has 250 valence electrons. The van der Waals surface area contributed by atoms with Gasteiger partial charge in [0.1, 0.15) is 22.2 Å². The second-order valence-electron chi connectivity index (χ2n) is 11.0. The molecule has 0 aliphatic rings. The molecule has 0 saturated heterocycles. The van der Waals surface area contributed by atoms with E-state index in [4.69, 9.17) is 5.41 Å². The van der Waals surface area contributed by atoms with E-state index in [0.717, 1.165) is 36.0 Å². The number of ketones is 1. The van der Waals surface area contributed by atoms with Crippen molar-refractivity contribution in [2.75, 3.05) is 9.62 Å². The molecule has 0 unspecified atom stereocenters. The van der Waals surface area contributed by atoms with Crippen molar-refractivity contribution in [2.24, 2.45) is 0 Å². The summed E-state index contributed by atoms with van der Waals surface area (Å²) < 4.78 is 74.3. The smallest absolute Gasteiger partial charge is 0.273 e. The number of aryl methyl sites for hydroxylation is 1. The second-order valence-corrected chi connectivity index (χ2v) is 12.7. The van der Waals surface area contributed by atoms with E-state index in [-0.39, 0.29) is 21.2 Å². The van der Waals surface area contributed by atoms with Crippen LogP contribution in [0.4, 0.5) is 24.5 Å². The summed E-state index contributed by atoms with van der Waals surface area (Å²) in [6.07, 6.45) is 3.42. The van der Waals surface area contributed by atoms with Gasteiger partial charge in [-0.25, -0.2) is 26.6 Å². The van der Waals surface area contributed by atoms with Gasteiger partial charge >= 0.3 is 0 Å². The van der Waals surface area contributed by atoms with Crippen LogP contribution < -0.4 is 9.62 Å². The Morgan fingerprint density at radius 1 is 0.918 bits per heavy atom. The fourth-order valence-corrected chi connectivity index (χ4v) is 6.85. The molecule has 0 atom stereocenters. The predicted molar refractivity (Wildman–Crippen MR) is 175 cm³/mol. The van der Waals surface area contributed by atoms with Crippen LogP contribution in [0.5, 0.6) is 0 Å². The lowest BCUT2D eigenvalue weighted by atomic mass is 9.99. The van der Waals surface area contributed by atoms with Crippen molar-refractivity contribution < 1.29 is 40.8 Å². The zero-order chi connectivity index (χ0) is 35.9. The summed E-state index contributed by atoms with van der Waals surface area (Å²) in [5.41, 5.74) is -0.872. The third-order valence-corrected chi connectivity index (χ3v) is 9.29. The first-order valence-electron chi connectivity index (χ1n) is 14.4. The van der Waals surface area contributed by atoms with Crippen molar-refractivity contribution in [1.29, 1.82) is 5.41 Å². The highest BCUT2D eigenvalue weighted by molar-refractivity contribution is 7.93. The Kier molecular flexibility index (Phi) is 9.06. The average molecular weight is 690 g/mol. The second kappa shape index (κ2) is 12.9. The molecular formula is C34H26F3N5O6S. The van der Waals surface area contributed by atoms with Gasteiger partial charge in [-0.15, -0.1) is 0 Å². The lowest BCUT2D eigenvalue weighted by Crippen LogP contribution is -2.37.